The predicted molar refractivity (Wildman–Crippen MR) is 65.6 cm³/mol. The van der Waals surface area contributed by atoms with E-state index in [1.54, 1.807) is 23.0 Å². The van der Waals surface area contributed by atoms with Crippen LogP contribution in [0, 0.1) is 5.82 Å². The van der Waals surface area contributed by atoms with Crippen molar-refractivity contribution >= 4 is 0 Å². The number of nitrogens with zero attached hydrogens (tertiary/aromatic N) is 3. The second-order valence-electron chi connectivity index (χ2n) is 3.86. The Balaban J connectivity index is 2.20. The quantitative estimate of drug-likeness (QED) is 0.872. The van der Waals surface area contributed by atoms with Crippen LogP contribution in [0.5, 0.6) is 5.75 Å². The van der Waals surface area contributed by atoms with E-state index in [2.05, 4.69) is 10.3 Å². The van der Waals surface area contributed by atoms with Gasteiger partial charge < -0.3 is 10.5 Å². The van der Waals surface area contributed by atoms with Crippen molar-refractivity contribution in [3.8, 4) is 17.0 Å². The molecular weight excluding hydrogens is 235 g/mol. The van der Waals surface area contributed by atoms with Crippen LogP contribution in [-0.4, -0.2) is 28.6 Å². The third-order valence-electron chi connectivity index (χ3n) is 2.58. The van der Waals surface area contributed by atoms with E-state index in [1.165, 1.54) is 13.2 Å². The SMILES string of the molecule is COc1ccc(-c2cn(CCCN)nn2)cc1F. The zero-order valence-electron chi connectivity index (χ0n) is 10.1. The summed E-state index contributed by atoms with van der Waals surface area (Å²) in [5.41, 5.74) is 6.73. The molecule has 0 bridgehead atoms. The Kier molecular flexibility index (Phi) is 3.88. The molecule has 5 nitrogen and oxygen atoms in total. The summed E-state index contributed by atoms with van der Waals surface area (Å²) < 4.78 is 20.1. The van der Waals surface area contributed by atoms with Gasteiger partial charge in [0.2, 0.25) is 0 Å². The first-order chi connectivity index (χ1) is 8.74. The molecule has 2 rings (SSSR count). The summed E-state index contributed by atoms with van der Waals surface area (Å²) >= 11 is 0. The maximum Gasteiger partial charge on any atom is 0.165 e. The maximum absolute atomic E-state index is 13.5. The Hall–Kier alpha value is -1.95. The van der Waals surface area contributed by atoms with Crippen molar-refractivity contribution in [2.75, 3.05) is 13.7 Å². The van der Waals surface area contributed by atoms with Crippen LogP contribution in [0.1, 0.15) is 6.42 Å². The van der Waals surface area contributed by atoms with Crippen LogP contribution >= 0.6 is 0 Å². The molecular formula is C12H15FN4O. The van der Waals surface area contributed by atoms with Crippen molar-refractivity contribution < 1.29 is 9.13 Å². The number of aryl methyl sites for hydroxylation is 1. The Bertz CT molecular complexity index is 527. The third-order valence-corrected chi connectivity index (χ3v) is 2.58. The Labute approximate surface area is 104 Å². The van der Waals surface area contributed by atoms with Gasteiger partial charge in [0.05, 0.1) is 13.3 Å². The highest BCUT2D eigenvalue weighted by atomic mass is 19.1. The Morgan fingerprint density at radius 2 is 2.28 bits per heavy atom. The molecule has 0 fully saturated rings. The number of nitrogens with two attached hydrogens (primary N) is 1. The number of ether oxygens (including phenoxy) is 1. The van der Waals surface area contributed by atoms with Gasteiger partial charge >= 0.3 is 0 Å². The first-order valence-corrected chi connectivity index (χ1v) is 5.68. The molecule has 1 aromatic heterocycles. The van der Waals surface area contributed by atoms with E-state index in [4.69, 9.17) is 10.5 Å². The van der Waals surface area contributed by atoms with E-state index in [-0.39, 0.29) is 5.75 Å². The van der Waals surface area contributed by atoms with Crippen molar-refractivity contribution in [3.63, 3.8) is 0 Å². The van der Waals surface area contributed by atoms with E-state index >= 15 is 0 Å². The van der Waals surface area contributed by atoms with Gasteiger partial charge in [0.25, 0.3) is 0 Å². The van der Waals surface area contributed by atoms with E-state index in [1.807, 2.05) is 0 Å². The van der Waals surface area contributed by atoms with E-state index in [0.29, 0.717) is 24.3 Å². The van der Waals surface area contributed by atoms with Crippen LogP contribution < -0.4 is 10.5 Å². The molecule has 0 saturated heterocycles. The number of halogens is 1. The van der Waals surface area contributed by atoms with Crippen LogP contribution in [0.4, 0.5) is 4.39 Å². The molecule has 0 aliphatic heterocycles. The fraction of sp³-hybridized carbons (Fsp3) is 0.333. The third kappa shape index (κ3) is 2.65. The maximum atomic E-state index is 13.5. The van der Waals surface area contributed by atoms with Gasteiger partial charge in [-0.3, -0.25) is 4.68 Å². The predicted octanol–water partition coefficient (Wildman–Crippen LogP) is 1.44. The summed E-state index contributed by atoms with van der Waals surface area (Å²) in [6.07, 6.45) is 2.61. The molecule has 0 aliphatic carbocycles. The lowest BCUT2D eigenvalue weighted by atomic mass is 10.1. The lowest BCUT2D eigenvalue weighted by Gasteiger charge is -2.02. The standard InChI is InChI=1S/C12H15FN4O/c1-18-12-4-3-9(7-10(12)13)11-8-17(16-15-11)6-2-5-14/h3-4,7-8H,2,5-6,14H2,1H3. The molecule has 1 heterocycles. The van der Waals surface area contributed by atoms with Crippen LogP contribution in [0.25, 0.3) is 11.3 Å². The van der Waals surface area contributed by atoms with Crippen molar-refractivity contribution in [2.45, 2.75) is 13.0 Å². The summed E-state index contributed by atoms with van der Waals surface area (Å²) in [7, 11) is 1.43. The van der Waals surface area contributed by atoms with Gasteiger partial charge in [0, 0.05) is 12.1 Å². The number of aromatic nitrogens is 3. The first-order valence-electron chi connectivity index (χ1n) is 5.68. The number of benzene rings is 1. The second-order valence-corrected chi connectivity index (χ2v) is 3.86. The molecule has 1 aromatic carbocycles. The molecule has 96 valence electrons. The van der Waals surface area contributed by atoms with E-state index < -0.39 is 5.82 Å². The van der Waals surface area contributed by atoms with Gasteiger partial charge in [-0.15, -0.1) is 5.10 Å². The minimum absolute atomic E-state index is 0.217. The Morgan fingerprint density at radius 1 is 1.44 bits per heavy atom. The van der Waals surface area contributed by atoms with Crippen LogP contribution in [0.2, 0.25) is 0 Å². The summed E-state index contributed by atoms with van der Waals surface area (Å²) in [4.78, 5) is 0. The Morgan fingerprint density at radius 3 is 2.94 bits per heavy atom. The highest BCUT2D eigenvalue weighted by Crippen LogP contribution is 2.23. The number of rotatable bonds is 5. The highest BCUT2D eigenvalue weighted by molar-refractivity contribution is 5.59. The van der Waals surface area contributed by atoms with Crippen LogP contribution in [-0.2, 0) is 6.54 Å². The van der Waals surface area contributed by atoms with Crippen molar-refractivity contribution in [1.29, 1.82) is 0 Å². The zero-order valence-corrected chi connectivity index (χ0v) is 10.1. The minimum Gasteiger partial charge on any atom is -0.494 e. The van der Waals surface area contributed by atoms with Crippen molar-refractivity contribution in [2.24, 2.45) is 5.73 Å². The van der Waals surface area contributed by atoms with Crippen molar-refractivity contribution in [1.82, 2.24) is 15.0 Å². The van der Waals surface area contributed by atoms with Crippen LogP contribution in [0.3, 0.4) is 0 Å². The molecule has 0 unspecified atom stereocenters. The monoisotopic (exact) mass is 250 g/mol. The summed E-state index contributed by atoms with van der Waals surface area (Å²) in [6.45, 7) is 1.31. The molecule has 0 amide bonds. The topological polar surface area (TPSA) is 66.0 Å². The average molecular weight is 250 g/mol. The number of hydrogen-bond acceptors (Lipinski definition) is 4. The lowest BCUT2D eigenvalue weighted by Crippen LogP contribution is -2.06. The number of methoxy groups -OCH3 is 1. The molecule has 0 aliphatic rings. The summed E-state index contributed by atoms with van der Waals surface area (Å²) in [5, 5.41) is 7.96. The van der Waals surface area contributed by atoms with Crippen molar-refractivity contribution in [3.05, 3.63) is 30.2 Å². The molecule has 6 heteroatoms. The second kappa shape index (κ2) is 5.59. The normalized spacial score (nSPS) is 10.6. The van der Waals surface area contributed by atoms with E-state index in [0.717, 1.165) is 6.42 Å². The molecule has 2 aromatic rings. The fourth-order valence-corrected chi connectivity index (χ4v) is 1.62. The first kappa shape index (κ1) is 12.5. The van der Waals surface area contributed by atoms with Gasteiger partial charge in [0.1, 0.15) is 5.69 Å². The van der Waals surface area contributed by atoms with Gasteiger partial charge in [-0.2, -0.15) is 0 Å². The molecule has 18 heavy (non-hydrogen) atoms. The summed E-state index contributed by atoms with van der Waals surface area (Å²) in [5.74, 6) is -0.194. The van der Waals surface area contributed by atoms with Crippen LogP contribution in [0.15, 0.2) is 24.4 Å². The van der Waals surface area contributed by atoms with Gasteiger partial charge in [-0.05, 0) is 31.2 Å². The highest BCUT2D eigenvalue weighted by Gasteiger charge is 2.08. The van der Waals surface area contributed by atoms with Gasteiger partial charge in [0.15, 0.2) is 11.6 Å². The molecule has 0 saturated carbocycles. The molecule has 0 spiro atoms. The smallest absolute Gasteiger partial charge is 0.165 e. The minimum atomic E-state index is -0.411. The van der Waals surface area contributed by atoms with Gasteiger partial charge in [-0.1, -0.05) is 5.21 Å². The molecule has 2 N–H and O–H groups in total. The number of hydrogen-bond donors (Lipinski definition) is 1. The fourth-order valence-electron chi connectivity index (χ4n) is 1.62. The summed E-state index contributed by atoms with van der Waals surface area (Å²) in [6, 6.07) is 4.71. The lowest BCUT2D eigenvalue weighted by molar-refractivity contribution is 0.386. The molecule has 0 atom stereocenters. The van der Waals surface area contributed by atoms with Gasteiger partial charge in [-0.25, -0.2) is 4.39 Å². The van der Waals surface area contributed by atoms with E-state index in [9.17, 15) is 4.39 Å². The molecule has 0 radical (unpaired) electrons. The average Bonchev–Trinajstić information content (AvgIpc) is 2.85. The largest absolute Gasteiger partial charge is 0.494 e. The zero-order chi connectivity index (χ0) is 13.0.